The smallest absolute Gasteiger partial charge is 0.263 e. The number of aryl methyl sites for hydroxylation is 1. The lowest BCUT2D eigenvalue weighted by atomic mass is 10.0. The first kappa shape index (κ1) is 18.4. The Balaban J connectivity index is 1.43. The van der Waals surface area contributed by atoms with E-state index in [0.717, 1.165) is 17.7 Å². The third-order valence-corrected chi connectivity index (χ3v) is 5.62. The molecule has 1 aliphatic rings. The Morgan fingerprint density at radius 3 is 2.89 bits per heavy atom. The molecule has 144 valence electrons. The Bertz CT molecular complexity index is 988. The SMILES string of the molecule is Cc1nc(COc2ccc(F)cc2)sc1C(=O)NC1CCOc2ccccc21. The highest BCUT2D eigenvalue weighted by Crippen LogP contribution is 2.32. The molecule has 0 saturated heterocycles. The van der Waals surface area contributed by atoms with E-state index in [1.54, 1.807) is 12.1 Å². The summed E-state index contributed by atoms with van der Waals surface area (Å²) < 4.78 is 24.2. The van der Waals surface area contributed by atoms with Gasteiger partial charge in [0.15, 0.2) is 0 Å². The van der Waals surface area contributed by atoms with Gasteiger partial charge in [0.1, 0.15) is 33.8 Å². The molecule has 1 atom stereocenters. The van der Waals surface area contributed by atoms with Crippen LogP contribution in [0.15, 0.2) is 48.5 Å². The quantitative estimate of drug-likeness (QED) is 0.691. The third-order valence-electron chi connectivity index (χ3n) is 4.49. The zero-order chi connectivity index (χ0) is 19.5. The Morgan fingerprint density at radius 2 is 2.07 bits per heavy atom. The predicted octanol–water partition coefficient (Wildman–Crippen LogP) is 4.42. The van der Waals surface area contributed by atoms with E-state index in [0.29, 0.717) is 27.9 Å². The van der Waals surface area contributed by atoms with Crippen molar-refractivity contribution in [2.75, 3.05) is 6.61 Å². The molecule has 2 aromatic carbocycles. The number of hydrogen-bond acceptors (Lipinski definition) is 5. The number of amides is 1. The maximum Gasteiger partial charge on any atom is 0.263 e. The molecule has 1 amide bonds. The van der Waals surface area contributed by atoms with E-state index < -0.39 is 0 Å². The van der Waals surface area contributed by atoms with Gasteiger partial charge in [-0.3, -0.25) is 4.79 Å². The van der Waals surface area contributed by atoms with Crippen molar-refractivity contribution < 1.29 is 18.7 Å². The molecule has 1 aromatic heterocycles. The highest BCUT2D eigenvalue weighted by molar-refractivity contribution is 7.13. The summed E-state index contributed by atoms with van der Waals surface area (Å²) in [5, 5.41) is 3.79. The molecular weight excluding hydrogens is 379 g/mol. The molecule has 0 aliphatic carbocycles. The summed E-state index contributed by atoms with van der Waals surface area (Å²) in [6.07, 6.45) is 0.723. The summed E-state index contributed by atoms with van der Waals surface area (Å²) >= 11 is 1.31. The molecule has 0 saturated carbocycles. The van der Waals surface area contributed by atoms with Crippen molar-refractivity contribution in [2.45, 2.75) is 26.0 Å². The number of hydrogen-bond donors (Lipinski definition) is 1. The molecule has 0 bridgehead atoms. The maximum absolute atomic E-state index is 13.0. The number of carbonyl (C=O) groups is 1. The summed E-state index contributed by atoms with van der Waals surface area (Å²) in [5.74, 6) is 0.906. The van der Waals surface area contributed by atoms with E-state index in [1.807, 2.05) is 31.2 Å². The van der Waals surface area contributed by atoms with Crippen molar-refractivity contribution in [3.05, 3.63) is 75.5 Å². The minimum atomic E-state index is -0.314. The number of aromatic nitrogens is 1. The van der Waals surface area contributed by atoms with Crippen LogP contribution in [0.2, 0.25) is 0 Å². The van der Waals surface area contributed by atoms with E-state index in [4.69, 9.17) is 9.47 Å². The second-order valence-electron chi connectivity index (χ2n) is 6.47. The van der Waals surface area contributed by atoms with Crippen LogP contribution in [0.4, 0.5) is 4.39 Å². The van der Waals surface area contributed by atoms with Crippen LogP contribution in [0.1, 0.15) is 38.4 Å². The molecule has 5 nitrogen and oxygen atoms in total. The maximum atomic E-state index is 13.0. The van der Waals surface area contributed by atoms with Crippen molar-refractivity contribution in [1.82, 2.24) is 10.3 Å². The number of fused-ring (bicyclic) bond motifs is 1. The normalized spacial score (nSPS) is 15.4. The number of para-hydroxylation sites is 1. The van der Waals surface area contributed by atoms with E-state index in [9.17, 15) is 9.18 Å². The Hall–Kier alpha value is -2.93. The molecule has 0 spiro atoms. The fourth-order valence-corrected chi connectivity index (χ4v) is 4.00. The number of nitrogens with one attached hydrogen (secondary N) is 1. The summed E-state index contributed by atoms with van der Waals surface area (Å²) in [6.45, 7) is 2.61. The molecule has 7 heteroatoms. The van der Waals surface area contributed by atoms with Crippen molar-refractivity contribution in [3.8, 4) is 11.5 Å². The Morgan fingerprint density at radius 1 is 1.29 bits per heavy atom. The molecule has 28 heavy (non-hydrogen) atoms. The molecule has 0 fully saturated rings. The highest BCUT2D eigenvalue weighted by Gasteiger charge is 2.25. The predicted molar refractivity (Wildman–Crippen MR) is 104 cm³/mol. The zero-order valence-corrected chi connectivity index (χ0v) is 16.1. The van der Waals surface area contributed by atoms with Gasteiger partial charge in [-0.1, -0.05) is 18.2 Å². The fraction of sp³-hybridized carbons (Fsp3) is 0.238. The van der Waals surface area contributed by atoms with Crippen LogP contribution >= 0.6 is 11.3 Å². The topological polar surface area (TPSA) is 60.5 Å². The van der Waals surface area contributed by atoms with E-state index in [2.05, 4.69) is 10.3 Å². The van der Waals surface area contributed by atoms with Gasteiger partial charge in [-0.05, 0) is 37.3 Å². The summed E-state index contributed by atoms with van der Waals surface area (Å²) in [6, 6.07) is 13.5. The first-order valence-corrected chi connectivity index (χ1v) is 9.79. The molecular formula is C21H19FN2O3S. The Kier molecular flexibility index (Phi) is 5.25. The summed E-state index contributed by atoms with van der Waals surface area (Å²) in [7, 11) is 0. The van der Waals surface area contributed by atoms with Crippen LogP contribution in [-0.4, -0.2) is 17.5 Å². The molecule has 1 N–H and O–H groups in total. The zero-order valence-electron chi connectivity index (χ0n) is 15.3. The molecule has 0 radical (unpaired) electrons. The van der Waals surface area contributed by atoms with Crippen molar-refractivity contribution in [3.63, 3.8) is 0 Å². The average molecular weight is 398 g/mol. The van der Waals surface area contributed by atoms with Gasteiger partial charge in [0.25, 0.3) is 5.91 Å². The number of carbonyl (C=O) groups excluding carboxylic acids is 1. The average Bonchev–Trinajstić information content (AvgIpc) is 3.08. The molecule has 2 heterocycles. The number of nitrogens with zero attached hydrogens (tertiary/aromatic N) is 1. The number of thiazole rings is 1. The molecule has 1 unspecified atom stereocenters. The lowest BCUT2D eigenvalue weighted by Gasteiger charge is -2.26. The lowest BCUT2D eigenvalue weighted by molar-refractivity contribution is 0.0928. The largest absolute Gasteiger partial charge is 0.493 e. The van der Waals surface area contributed by atoms with E-state index in [1.165, 1.54) is 23.5 Å². The lowest BCUT2D eigenvalue weighted by Crippen LogP contribution is -2.32. The Labute approximate surface area is 166 Å². The number of ether oxygens (including phenoxy) is 2. The minimum Gasteiger partial charge on any atom is -0.493 e. The monoisotopic (exact) mass is 398 g/mol. The first-order valence-electron chi connectivity index (χ1n) is 8.97. The standard InChI is InChI=1S/C21H19FN2O3S/c1-13-20(28-19(23-13)12-27-15-8-6-14(22)7-9-15)21(25)24-17-10-11-26-18-5-3-2-4-16(17)18/h2-9,17H,10-12H2,1H3,(H,24,25). The molecule has 4 rings (SSSR count). The summed E-state index contributed by atoms with van der Waals surface area (Å²) in [5.41, 5.74) is 1.66. The van der Waals surface area contributed by atoms with Crippen LogP contribution in [0, 0.1) is 12.7 Å². The van der Waals surface area contributed by atoms with Gasteiger partial charge in [0.05, 0.1) is 18.3 Å². The van der Waals surface area contributed by atoms with Crippen molar-refractivity contribution in [2.24, 2.45) is 0 Å². The van der Waals surface area contributed by atoms with Gasteiger partial charge in [-0.15, -0.1) is 11.3 Å². The van der Waals surface area contributed by atoms with Crippen LogP contribution in [0.25, 0.3) is 0 Å². The van der Waals surface area contributed by atoms with Crippen LogP contribution in [0.3, 0.4) is 0 Å². The fourth-order valence-electron chi connectivity index (χ4n) is 3.12. The second-order valence-corrected chi connectivity index (χ2v) is 7.55. The van der Waals surface area contributed by atoms with Gasteiger partial charge in [-0.25, -0.2) is 9.37 Å². The number of halogens is 1. The molecule has 1 aliphatic heterocycles. The van der Waals surface area contributed by atoms with Crippen molar-refractivity contribution >= 4 is 17.2 Å². The summed E-state index contributed by atoms with van der Waals surface area (Å²) in [4.78, 5) is 17.8. The third kappa shape index (κ3) is 3.99. The van der Waals surface area contributed by atoms with Gasteiger partial charge < -0.3 is 14.8 Å². The second kappa shape index (κ2) is 7.98. The minimum absolute atomic E-state index is 0.0853. The van der Waals surface area contributed by atoms with Gasteiger partial charge >= 0.3 is 0 Å². The first-order chi connectivity index (χ1) is 13.6. The molecule has 3 aromatic rings. The van der Waals surface area contributed by atoms with Gasteiger partial charge in [0.2, 0.25) is 0 Å². The van der Waals surface area contributed by atoms with Crippen LogP contribution < -0.4 is 14.8 Å². The van der Waals surface area contributed by atoms with E-state index in [-0.39, 0.29) is 24.4 Å². The number of rotatable bonds is 5. The van der Waals surface area contributed by atoms with Gasteiger partial charge in [0, 0.05) is 12.0 Å². The van der Waals surface area contributed by atoms with E-state index >= 15 is 0 Å². The van der Waals surface area contributed by atoms with Crippen LogP contribution in [-0.2, 0) is 6.61 Å². The van der Waals surface area contributed by atoms with Crippen molar-refractivity contribution in [1.29, 1.82) is 0 Å². The van der Waals surface area contributed by atoms with Crippen LogP contribution in [0.5, 0.6) is 11.5 Å². The highest BCUT2D eigenvalue weighted by atomic mass is 32.1. The number of benzene rings is 2. The van der Waals surface area contributed by atoms with Gasteiger partial charge in [-0.2, -0.15) is 0 Å².